The molecule has 0 bridgehead atoms. The lowest BCUT2D eigenvalue weighted by Gasteiger charge is -2.24. The fraction of sp³-hybridized carbons (Fsp3) is 0.400. The summed E-state index contributed by atoms with van der Waals surface area (Å²) >= 11 is 0. The zero-order chi connectivity index (χ0) is 17.6. The molecule has 0 aromatic heterocycles. The number of hydrogen-bond donors (Lipinski definition) is 5. The summed E-state index contributed by atoms with van der Waals surface area (Å²) in [4.78, 5) is 33.6. The van der Waals surface area contributed by atoms with E-state index in [2.05, 4.69) is 10.6 Å². The van der Waals surface area contributed by atoms with Gasteiger partial charge in [0.05, 0.1) is 6.04 Å². The van der Waals surface area contributed by atoms with E-state index in [1.165, 1.54) is 13.8 Å². The lowest BCUT2D eigenvalue weighted by molar-refractivity contribution is -0.131. The Morgan fingerprint density at radius 3 is 2.17 bits per heavy atom. The average molecular weight is 322 g/mol. The molecule has 0 heterocycles. The number of benzene rings is 1. The Hall–Kier alpha value is -2.61. The number of rotatable bonds is 7. The van der Waals surface area contributed by atoms with Crippen LogP contribution in [0.3, 0.4) is 0 Å². The Kier molecular flexibility index (Phi) is 6.09. The van der Waals surface area contributed by atoms with Crippen molar-refractivity contribution >= 4 is 17.9 Å². The molecule has 0 radical (unpaired) electrons. The molecule has 8 heteroatoms. The van der Waals surface area contributed by atoms with Crippen LogP contribution in [-0.2, 0) is 22.6 Å². The second kappa shape index (κ2) is 7.59. The molecule has 0 spiro atoms. The average Bonchev–Trinajstić information content (AvgIpc) is 2.45. The van der Waals surface area contributed by atoms with E-state index in [1.54, 1.807) is 24.3 Å². The van der Waals surface area contributed by atoms with E-state index < -0.39 is 29.5 Å². The van der Waals surface area contributed by atoms with Gasteiger partial charge in [0.15, 0.2) is 0 Å². The van der Waals surface area contributed by atoms with E-state index >= 15 is 0 Å². The predicted molar refractivity (Wildman–Crippen MR) is 84.4 cm³/mol. The molecule has 0 aliphatic carbocycles. The highest BCUT2D eigenvalue weighted by Gasteiger charge is 2.29. The van der Waals surface area contributed by atoms with Crippen molar-refractivity contribution in [2.24, 2.45) is 11.5 Å². The zero-order valence-electron chi connectivity index (χ0n) is 13.1. The van der Waals surface area contributed by atoms with Gasteiger partial charge in [-0.3, -0.25) is 9.59 Å². The Morgan fingerprint density at radius 2 is 1.70 bits per heavy atom. The van der Waals surface area contributed by atoms with Crippen LogP contribution in [0.5, 0.6) is 0 Å². The summed E-state index contributed by atoms with van der Waals surface area (Å²) in [7, 11) is 0. The topological polar surface area (TPSA) is 148 Å². The van der Waals surface area contributed by atoms with Crippen LogP contribution in [0, 0.1) is 0 Å². The fourth-order valence-electron chi connectivity index (χ4n) is 1.78. The Morgan fingerprint density at radius 1 is 1.17 bits per heavy atom. The molecule has 1 aromatic rings. The van der Waals surface area contributed by atoms with Crippen LogP contribution < -0.4 is 22.1 Å². The molecular formula is C15H22N4O4. The van der Waals surface area contributed by atoms with Gasteiger partial charge in [0.2, 0.25) is 11.8 Å². The van der Waals surface area contributed by atoms with Gasteiger partial charge in [-0.15, -0.1) is 0 Å². The first kappa shape index (κ1) is 18.4. The number of carboxylic acid groups (broad SMARTS) is 1. The highest BCUT2D eigenvalue weighted by molar-refractivity contribution is 5.91. The molecule has 7 N–H and O–H groups in total. The minimum absolute atomic E-state index is 0.203. The van der Waals surface area contributed by atoms with E-state index in [4.69, 9.17) is 16.6 Å². The molecule has 1 atom stereocenters. The van der Waals surface area contributed by atoms with Gasteiger partial charge in [-0.05, 0) is 31.4 Å². The molecule has 1 unspecified atom stereocenters. The number of carbonyl (C=O) groups is 3. The summed E-state index contributed by atoms with van der Waals surface area (Å²) in [6.45, 7) is 3.21. The van der Waals surface area contributed by atoms with Crippen molar-refractivity contribution < 1.29 is 19.5 Å². The molecule has 0 aliphatic rings. The fourth-order valence-corrected chi connectivity index (χ4v) is 1.78. The van der Waals surface area contributed by atoms with Crippen molar-refractivity contribution in [1.29, 1.82) is 0 Å². The third-order valence-corrected chi connectivity index (χ3v) is 3.31. The predicted octanol–water partition coefficient (Wildman–Crippen LogP) is -0.296. The summed E-state index contributed by atoms with van der Waals surface area (Å²) in [5.74, 6) is -1.11. The van der Waals surface area contributed by atoms with Gasteiger partial charge in [0.1, 0.15) is 5.54 Å². The van der Waals surface area contributed by atoms with Crippen LogP contribution in [0.1, 0.15) is 25.0 Å². The van der Waals surface area contributed by atoms with Gasteiger partial charge < -0.3 is 27.2 Å². The molecule has 0 fully saturated rings. The van der Waals surface area contributed by atoms with Crippen LogP contribution in [0.2, 0.25) is 0 Å². The molecular weight excluding hydrogens is 300 g/mol. The quantitative estimate of drug-likeness (QED) is 0.467. The van der Waals surface area contributed by atoms with Crippen molar-refractivity contribution in [3.8, 4) is 0 Å². The van der Waals surface area contributed by atoms with Crippen molar-refractivity contribution in [3.05, 3.63) is 35.4 Å². The third kappa shape index (κ3) is 5.95. The molecule has 3 amide bonds. The highest BCUT2D eigenvalue weighted by Crippen LogP contribution is 2.08. The van der Waals surface area contributed by atoms with Gasteiger partial charge in [-0.2, -0.15) is 0 Å². The van der Waals surface area contributed by atoms with E-state index in [9.17, 15) is 14.4 Å². The van der Waals surface area contributed by atoms with Gasteiger partial charge in [-0.1, -0.05) is 24.3 Å². The smallest absolute Gasteiger partial charge is 0.404 e. The number of carbonyl (C=O) groups excluding carboxylic acids is 2. The Bertz CT molecular complexity index is 584. The summed E-state index contributed by atoms with van der Waals surface area (Å²) in [6, 6.07) is 6.22. The molecule has 0 saturated carbocycles. The van der Waals surface area contributed by atoms with Crippen LogP contribution in [0.25, 0.3) is 0 Å². The monoisotopic (exact) mass is 322 g/mol. The Balaban J connectivity index is 2.60. The zero-order valence-corrected chi connectivity index (χ0v) is 13.1. The first-order valence-corrected chi connectivity index (χ1v) is 7.04. The van der Waals surface area contributed by atoms with Gasteiger partial charge in [-0.25, -0.2) is 4.79 Å². The first-order chi connectivity index (χ1) is 10.6. The maximum atomic E-state index is 12.0. The molecule has 0 saturated heterocycles. The normalized spacial score (nSPS) is 12.3. The number of primary amides is 1. The summed E-state index contributed by atoms with van der Waals surface area (Å²) in [5.41, 5.74) is 11.5. The van der Waals surface area contributed by atoms with Crippen molar-refractivity contribution in [2.75, 3.05) is 0 Å². The second-order valence-corrected chi connectivity index (χ2v) is 5.76. The number of amides is 3. The maximum Gasteiger partial charge on any atom is 0.404 e. The summed E-state index contributed by atoms with van der Waals surface area (Å²) in [5, 5.41) is 13.3. The van der Waals surface area contributed by atoms with Crippen LogP contribution in [-0.4, -0.2) is 34.6 Å². The largest absolute Gasteiger partial charge is 0.465 e. The first-order valence-electron chi connectivity index (χ1n) is 7.04. The van der Waals surface area contributed by atoms with E-state index in [1.807, 2.05) is 0 Å². The number of hydrogen-bond acceptors (Lipinski definition) is 4. The van der Waals surface area contributed by atoms with Gasteiger partial charge in [0, 0.05) is 6.54 Å². The van der Waals surface area contributed by atoms with Gasteiger partial charge in [0.25, 0.3) is 0 Å². The van der Waals surface area contributed by atoms with E-state index in [-0.39, 0.29) is 13.0 Å². The molecule has 23 heavy (non-hydrogen) atoms. The minimum Gasteiger partial charge on any atom is -0.465 e. The van der Waals surface area contributed by atoms with Crippen molar-refractivity contribution in [3.63, 3.8) is 0 Å². The van der Waals surface area contributed by atoms with E-state index in [0.717, 1.165) is 11.1 Å². The minimum atomic E-state index is -1.17. The van der Waals surface area contributed by atoms with Crippen LogP contribution >= 0.6 is 0 Å². The standard InChI is InChI=1S/C15H22N4O4/c1-15(2,13(17)21)19-12(20)11(16)7-9-3-5-10(6-4-9)8-18-14(22)23/h3-6,11,18H,7-8,16H2,1-2H3,(H2,17,21)(H,19,20)(H,22,23). The SMILES string of the molecule is CC(C)(NC(=O)C(N)Cc1ccc(CNC(=O)O)cc1)C(N)=O. The third-order valence-electron chi connectivity index (χ3n) is 3.31. The molecule has 1 rings (SSSR count). The lowest BCUT2D eigenvalue weighted by atomic mass is 10.0. The highest BCUT2D eigenvalue weighted by atomic mass is 16.4. The molecule has 126 valence electrons. The van der Waals surface area contributed by atoms with Gasteiger partial charge >= 0.3 is 6.09 Å². The molecule has 1 aromatic carbocycles. The Labute approximate surface area is 134 Å². The molecule has 0 aliphatic heterocycles. The molecule has 8 nitrogen and oxygen atoms in total. The number of nitrogens with two attached hydrogens (primary N) is 2. The van der Waals surface area contributed by atoms with Crippen molar-refractivity contribution in [1.82, 2.24) is 10.6 Å². The lowest BCUT2D eigenvalue weighted by Crippen LogP contribution is -2.57. The summed E-state index contributed by atoms with van der Waals surface area (Å²) < 4.78 is 0. The van der Waals surface area contributed by atoms with Crippen LogP contribution in [0.15, 0.2) is 24.3 Å². The van der Waals surface area contributed by atoms with Crippen molar-refractivity contribution in [2.45, 2.75) is 38.4 Å². The van der Waals surface area contributed by atoms with Crippen LogP contribution in [0.4, 0.5) is 4.79 Å². The number of nitrogens with one attached hydrogen (secondary N) is 2. The van der Waals surface area contributed by atoms with E-state index in [0.29, 0.717) is 0 Å². The maximum absolute atomic E-state index is 12.0. The second-order valence-electron chi connectivity index (χ2n) is 5.76. The summed E-state index contributed by atoms with van der Waals surface area (Å²) in [6.07, 6.45) is -0.808.